The summed E-state index contributed by atoms with van der Waals surface area (Å²) in [5.41, 5.74) is 0.870. The van der Waals surface area contributed by atoms with Crippen LogP contribution in [0.15, 0.2) is 151 Å². The Morgan fingerprint density at radius 2 is 0.970 bits per heavy atom. The molecule has 0 radical (unpaired) electrons. The molecule has 2 fully saturated rings. The average molecular weight is 998 g/mol. The Kier molecular flexibility index (Phi) is 16.3. The summed E-state index contributed by atoms with van der Waals surface area (Å²) in [6, 6.07) is 28.0. The van der Waals surface area contributed by atoms with Gasteiger partial charge in [0.05, 0.1) is 29.4 Å². The number of carbonyl (C=O) groups excluding carboxylic acids is 2. The van der Waals surface area contributed by atoms with Crippen molar-refractivity contribution >= 4 is 51.8 Å². The van der Waals surface area contributed by atoms with Crippen molar-refractivity contribution in [3.05, 3.63) is 138 Å². The molecule has 3 N–H and O–H groups in total. The van der Waals surface area contributed by atoms with Gasteiger partial charge in [0, 0.05) is 44.8 Å². The Balaban J connectivity index is 0.000000224. The third kappa shape index (κ3) is 12.6. The van der Waals surface area contributed by atoms with Gasteiger partial charge in [-0.05, 0) is 130 Å². The van der Waals surface area contributed by atoms with Crippen LogP contribution >= 0.6 is 0 Å². The van der Waals surface area contributed by atoms with Gasteiger partial charge in [0.2, 0.25) is 39.7 Å². The number of hydrogen-bond acceptors (Lipinski definition) is 11. The molecule has 3 amide bonds. The first kappa shape index (κ1) is 50.7. The van der Waals surface area contributed by atoms with E-state index in [1.54, 1.807) is 55.1 Å². The molecule has 2 aliphatic heterocycles. The molecular weight excluding hydrogens is 946 g/mol. The monoisotopic (exact) mass is 997 g/mol. The summed E-state index contributed by atoms with van der Waals surface area (Å²) >= 11 is 0. The van der Waals surface area contributed by atoms with Crippen LogP contribution in [0.4, 0.5) is 14.0 Å². The first-order valence-corrected chi connectivity index (χ1v) is 27.3. The smallest absolute Gasteiger partial charge is 0.410 e. The van der Waals surface area contributed by atoms with E-state index in [2.05, 4.69) is 14.8 Å². The third-order valence-electron chi connectivity index (χ3n) is 11.2. The molecule has 0 aliphatic carbocycles. The Morgan fingerprint density at radius 1 is 0.567 bits per heavy atom. The van der Waals surface area contributed by atoms with Gasteiger partial charge in [-0.1, -0.05) is 48.5 Å². The number of rotatable bonds is 12. The summed E-state index contributed by atoms with van der Waals surface area (Å²) < 4.78 is 128. The highest BCUT2D eigenvalue weighted by Crippen LogP contribution is 2.28. The summed E-state index contributed by atoms with van der Waals surface area (Å²) in [7, 11) is -15.7. The zero-order chi connectivity index (χ0) is 48.6. The second kappa shape index (κ2) is 21.5. The number of nitrogens with one attached hydrogen (secondary N) is 3. The number of likely N-dealkylation sites (tertiary alicyclic amines) is 2. The van der Waals surface area contributed by atoms with E-state index >= 15 is 0 Å². The van der Waals surface area contributed by atoms with Crippen molar-refractivity contribution in [2.24, 2.45) is 0 Å². The van der Waals surface area contributed by atoms with E-state index in [0.29, 0.717) is 56.4 Å². The Morgan fingerprint density at radius 3 is 1.37 bits per heavy atom. The van der Waals surface area contributed by atoms with Gasteiger partial charge < -0.3 is 19.9 Å². The lowest BCUT2D eigenvalue weighted by molar-refractivity contribution is 0.138. The van der Waals surface area contributed by atoms with Gasteiger partial charge in [-0.3, -0.25) is 0 Å². The normalized spacial score (nSPS) is 15.3. The van der Waals surface area contributed by atoms with Gasteiger partial charge in [-0.2, -0.15) is 0 Å². The number of carbonyl (C=O) groups is 2. The van der Waals surface area contributed by atoms with Crippen molar-refractivity contribution in [2.45, 2.75) is 87.9 Å². The Bertz CT molecular complexity index is 3000. The highest BCUT2D eigenvalue weighted by atomic mass is 32.2. The zero-order valence-electron chi connectivity index (χ0n) is 37.0. The fourth-order valence-corrected chi connectivity index (χ4v) is 13.3. The molecule has 0 saturated carbocycles. The van der Waals surface area contributed by atoms with Gasteiger partial charge in [-0.15, -0.1) is 0 Å². The molecule has 0 bridgehead atoms. The molecule has 2 saturated heterocycles. The van der Waals surface area contributed by atoms with Crippen molar-refractivity contribution in [1.82, 2.24) is 24.6 Å². The van der Waals surface area contributed by atoms with Gasteiger partial charge in [0.1, 0.15) is 11.6 Å². The second-order valence-electron chi connectivity index (χ2n) is 15.9. The summed E-state index contributed by atoms with van der Waals surface area (Å²) in [6.45, 7) is 7.01. The molecule has 0 spiro atoms. The first-order chi connectivity index (χ1) is 31.7. The average Bonchev–Trinajstić information content (AvgIpc) is 3.31. The number of sulfonamides is 2. The van der Waals surface area contributed by atoms with E-state index in [-0.39, 0.29) is 60.3 Å². The number of nitrogens with zero attached hydrogens (tertiary/aromatic N) is 2. The Hall–Kier alpha value is -5.71. The number of amides is 3. The van der Waals surface area contributed by atoms with Crippen molar-refractivity contribution in [3.8, 4) is 5.75 Å². The standard InChI is InChI=1S/C25H25FN2O6S2.C21H27N3O5S2/c1-18-7-12-23(35(30,31)22-5-3-2-4-6-22)17-24(18)36(32,33)27-20-13-15-28(16-14-20)25(29)34-21-10-8-19(26)9-11-21;1-3-22-21(25)24-13-11-17(12-14-24)23-31(28,29)20-15-19(10-9-16(20)2)30(26,27)18-7-5-4-6-8-18/h2-12,17,20,27H,13-16H2,1H3;4-10,15,17,23H,3,11-14H2,1-2H3,(H,22,25). The fraction of sp³-hybridized carbons (Fsp3) is 0.304. The maximum atomic E-state index is 13.2. The van der Waals surface area contributed by atoms with Crippen LogP contribution in [0, 0.1) is 19.7 Å². The first-order valence-electron chi connectivity index (χ1n) is 21.3. The summed E-state index contributed by atoms with van der Waals surface area (Å²) in [5, 5.41) is 2.74. The largest absolute Gasteiger partial charge is 0.415 e. The second-order valence-corrected chi connectivity index (χ2v) is 23.2. The predicted molar refractivity (Wildman–Crippen MR) is 247 cm³/mol. The quantitative estimate of drug-likeness (QED) is 0.128. The van der Waals surface area contributed by atoms with Crippen LogP contribution in [-0.2, 0) is 39.7 Å². The zero-order valence-corrected chi connectivity index (χ0v) is 40.2. The molecular formula is C46H52FN5O11S4. The summed E-state index contributed by atoms with van der Waals surface area (Å²) in [6.07, 6.45) is 1.06. The fourth-order valence-electron chi connectivity index (χ4n) is 7.42. The number of halogens is 1. The highest BCUT2D eigenvalue weighted by Gasteiger charge is 2.31. The highest BCUT2D eigenvalue weighted by molar-refractivity contribution is 7.92. The maximum absolute atomic E-state index is 13.2. The lowest BCUT2D eigenvalue weighted by atomic mass is 10.1. The van der Waals surface area contributed by atoms with Crippen LogP contribution in [0.5, 0.6) is 5.75 Å². The molecule has 0 aromatic heterocycles. The molecule has 67 heavy (non-hydrogen) atoms. The number of ether oxygens (including phenoxy) is 1. The molecule has 0 unspecified atom stereocenters. The van der Waals surface area contributed by atoms with E-state index < -0.39 is 57.7 Å². The van der Waals surface area contributed by atoms with Crippen molar-refractivity contribution < 1.29 is 52.4 Å². The molecule has 7 rings (SSSR count). The van der Waals surface area contributed by atoms with Crippen molar-refractivity contribution in [1.29, 1.82) is 0 Å². The maximum Gasteiger partial charge on any atom is 0.415 e. The van der Waals surface area contributed by atoms with Crippen LogP contribution in [-0.4, -0.2) is 100 Å². The molecule has 0 atom stereocenters. The van der Waals surface area contributed by atoms with Crippen LogP contribution < -0.4 is 19.5 Å². The number of piperidine rings is 2. The number of aryl methyl sites for hydroxylation is 2. The number of urea groups is 1. The van der Waals surface area contributed by atoms with Crippen molar-refractivity contribution in [3.63, 3.8) is 0 Å². The Labute approximate surface area is 391 Å². The van der Waals surface area contributed by atoms with Crippen molar-refractivity contribution in [2.75, 3.05) is 32.7 Å². The molecule has 16 nitrogen and oxygen atoms in total. The van der Waals surface area contributed by atoms with E-state index in [1.807, 2.05) is 6.92 Å². The van der Waals surface area contributed by atoms with E-state index in [9.17, 15) is 47.7 Å². The van der Waals surface area contributed by atoms with Crippen LogP contribution in [0.3, 0.4) is 0 Å². The van der Waals surface area contributed by atoms with E-state index in [0.717, 1.165) is 0 Å². The third-order valence-corrected chi connectivity index (χ3v) is 18.0. The minimum atomic E-state index is -4.03. The number of hydrogen-bond donors (Lipinski definition) is 3. The SMILES string of the molecule is CCNC(=O)N1CCC(NS(=O)(=O)c2cc(S(=O)(=O)c3ccccc3)ccc2C)CC1.Cc1ccc(S(=O)(=O)c2ccccc2)cc1S(=O)(=O)NC1CCN(C(=O)Oc2ccc(F)cc2)CC1. The van der Waals surface area contributed by atoms with Crippen LogP contribution in [0.25, 0.3) is 0 Å². The molecule has 358 valence electrons. The molecule has 21 heteroatoms. The van der Waals surface area contributed by atoms with E-state index in [4.69, 9.17) is 4.74 Å². The molecule has 2 aliphatic rings. The van der Waals surface area contributed by atoms with Gasteiger partial charge >= 0.3 is 12.1 Å². The lowest BCUT2D eigenvalue weighted by Gasteiger charge is -2.32. The van der Waals surface area contributed by atoms with Crippen LogP contribution in [0.1, 0.15) is 43.7 Å². The lowest BCUT2D eigenvalue weighted by Crippen LogP contribution is -2.49. The molecule has 5 aromatic carbocycles. The topological polar surface area (TPSA) is 222 Å². The number of benzene rings is 5. The predicted octanol–water partition coefficient (Wildman–Crippen LogP) is 6.21. The molecule has 2 heterocycles. The summed E-state index contributed by atoms with van der Waals surface area (Å²) in [5.74, 6) is -0.230. The number of sulfone groups is 2. The summed E-state index contributed by atoms with van der Waals surface area (Å²) in [4.78, 5) is 27.2. The van der Waals surface area contributed by atoms with Gasteiger partial charge in [0.15, 0.2) is 0 Å². The van der Waals surface area contributed by atoms with E-state index in [1.165, 1.54) is 89.8 Å². The minimum absolute atomic E-state index is 0.0596. The molecule has 5 aromatic rings. The minimum Gasteiger partial charge on any atom is -0.410 e. The van der Waals surface area contributed by atoms with Gasteiger partial charge in [-0.25, -0.2) is 57.1 Å². The van der Waals surface area contributed by atoms with Gasteiger partial charge in [0.25, 0.3) is 0 Å². The van der Waals surface area contributed by atoms with Crippen LogP contribution in [0.2, 0.25) is 0 Å².